The maximum Gasteiger partial charge on any atom is 0.149 e. The quantitative estimate of drug-likeness (QED) is 0.916. The minimum atomic E-state index is 0. The highest BCUT2D eigenvalue weighted by Gasteiger charge is 2.09. The molecule has 118 valence electrons. The van der Waals surface area contributed by atoms with Crippen molar-refractivity contribution in [2.75, 3.05) is 44.7 Å². The number of benzene rings is 1. The van der Waals surface area contributed by atoms with Crippen LogP contribution in [0.3, 0.4) is 0 Å². The van der Waals surface area contributed by atoms with Crippen molar-refractivity contribution >= 4 is 18.2 Å². The van der Waals surface area contributed by atoms with E-state index in [4.69, 9.17) is 4.74 Å². The van der Waals surface area contributed by atoms with Gasteiger partial charge in [-0.05, 0) is 11.6 Å². The third kappa shape index (κ3) is 4.66. The van der Waals surface area contributed by atoms with Crippen molar-refractivity contribution in [3.63, 3.8) is 0 Å². The summed E-state index contributed by atoms with van der Waals surface area (Å²) in [5.41, 5.74) is 2.24. The first-order valence-electron chi connectivity index (χ1n) is 7.34. The molecule has 0 bridgehead atoms. The van der Waals surface area contributed by atoms with E-state index in [1.54, 1.807) is 6.20 Å². The SMILES string of the molecule is Cl.c1ccc(-c2cnnc(NCCN3CCOCC3)c2)cc1. The zero-order valence-electron chi connectivity index (χ0n) is 12.4. The van der Waals surface area contributed by atoms with Crippen LogP contribution in [0.4, 0.5) is 5.82 Å². The molecule has 1 fully saturated rings. The number of morpholine rings is 1. The lowest BCUT2D eigenvalue weighted by molar-refractivity contribution is 0.0398. The Morgan fingerprint density at radius 3 is 2.64 bits per heavy atom. The summed E-state index contributed by atoms with van der Waals surface area (Å²) in [5, 5.41) is 11.6. The number of nitrogens with zero attached hydrogens (tertiary/aromatic N) is 3. The van der Waals surface area contributed by atoms with Crippen LogP contribution in [0.2, 0.25) is 0 Å². The summed E-state index contributed by atoms with van der Waals surface area (Å²) in [6.07, 6.45) is 1.79. The van der Waals surface area contributed by atoms with Gasteiger partial charge in [-0.25, -0.2) is 0 Å². The Balaban J connectivity index is 0.00000176. The van der Waals surface area contributed by atoms with Crippen LogP contribution in [0.5, 0.6) is 0 Å². The van der Waals surface area contributed by atoms with Crippen LogP contribution in [0.15, 0.2) is 42.6 Å². The Hall–Kier alpha value is -1.69. The van der Waals surface area contributed by atoms with E-state index in [-0.39, 0.29) is 12.4 Å². The highest BCUT2D eigenvalue weighted by molar-refractivity contribution is 5.85. The van der Waals surface area contributed by atoms with Crippen LogP contribution < -0.4 is 5.32 Å². The summed E-state index contributed by atoms with van der Waals surface area (Å²) >= 11 is 0. The maximum atomic E-state index is 5.34. The molecule has 0 atom stereocenters. The highest BCUT2D eigenvalue weighted by Crippen LogP contribution is 2.19. The molecular formula is C16H21ClN4O. The van der Waals surface area contributed by atoms with Gasteiger partial charge in [-0.3, -0.25) is 4.90 Å². The maximum absolute atomic E-state index is 5.34. The predicted molar refractivity (Wildman–Crippen MR) is 90.5 cm³/mol. The number of ether oxygens (including phenoxy) is 1. The molecule has 1 aliphatic rings. The van der Waals surface area contributed by atoms with Crippen LogP contribution in [-0.4, -0.2) is 54.5 Å². The van der Waals surface area contributed by atoms with E-state index in [0.717, 1.165) is 56.3 Å². The third-order valence-electron chi connectivity index (χ3n) is 3.60. The molecule has 1 N–H and O–H groups in total. The molecule has 22 heavy (non-hydrogen) atoms. The number of hydrogen-bond donors (Lipinski definition) is 1. The predicted octanol–water partition coefficient (Wildman–Crippen LogP) is 2.31. The van der Waals surface area contributed by atoms with Gasteiger partial charge in [0.2, 0.25) is 0 Å². The second-order valence-electron chi connectivity index (χ2n) is 5.08. The molecule has 2 aromatic rings. The van der Waals surface area contributed by atoms with Crippen molar-refractivity contribution in [1.29, 1.82) is 0 Å². The number of nitrogens with one attached hydrogen (secondary N) is 1. The van der Waals surface area contributed by atoms with E-state index >= 15 is 0 Å². The van der Waals surface area contributed by atoms with Crippen molar-refractivity contribution in [2.24, 2.45) is 0 Å². The molecule has 1 aromatic heterocycles. The smallest absolute Gasteiger partial charge is 0.149 e. The monoisotopic (exact) mass is 320 g/mol. The standard InChI is InChI=1S/C16H20N4O.ClH/c1-2-4-14(5-3-1)15-12-16(19-18-13-15)17-6-7-20-8-10-21-11-9-20;/h1-5,12-13H,6-11H2,(H,17,19);1H. The fraction of sp³-hybridized carbons (Fsp3) is 0.375. The minimum Gasteiger partial charge on any atom is -0.379 e. The van der Waals surface area contributed by atoms with E-state index in [0.29, 0.717) is 0 Å². The fourth-order valence-electron chi connectivity index (χ4n) is 2.41. The Morgan fingerprint density at radius 1 is 1.09 bits per heavy atom. The van der Waals surface area contributed by atoms with E-state index < -0.39 is 0 Å². The summed E-state index contributed by atoms with van der Waals surface area (Å²) in [7, 11) is 0. The van der Waals surface area contributed by atoms with Gasteiger partial charge in [0.1, 0.15) is 5.82 Å². The normalized spacial score (nSPS) is 15.1. The number of hydrogen-bond acceptors (Lipinski definition) is 5. The molecule has 0 spiro atoms. The van der Waals surface area contributed by atoms with Crippen LogP contribution in [0.1, 0.15) is 0 Å². The number of halogens is 1. The molecule has 3 rings (SSSR count). The third-order valence-corrected chi connectivity index (χ3v) is 3.60. The molecule has 0 saturated carbocycles. The van der Waals surface area contributed by atoms with Gasteiger partial charge in [0.15, 0.2) is 0 Å². The van der Waals surface area contributed by atoms with Crippen molar-refractivity contribution in [2.45, 2.75) is 0 Å². The van der Waals surface area contributed by atoms with E-state index in [1.807, 2.05) is 24.3 Å². The Bertz CT molecular complexity index is 561. The van der Waals surface area contributed by atoms with Gasteiger partial charge in [-0.2, -0.15) is 5.10 Å². The molecule has 0 unspecified atom stereocenters. The van der Waals surface area contributed by atoms with E-state index in [2.05, 4.69) is 32.5 Å². The van der Waals surface area contributed by atoms with Gasteiger partial charge in [0.25, 0.3) is 0 Å². The van der Waals surface area contributed by atoms with Crippen molar-refractivity contribution in [3.05, 3.63) is 42.6 Å². The van der Waals surface area contributed by atoms with Crippen LogP contribution in [0.25, 0.3) is 11.1 Å². The van der Waals surface area contributed by atoms with Gasteiger partial charge < -0.3 is 10.1 Å². The van der Waals surface area contributed by atoms with E-state index in [9.17, 15) is 0 Å². The molecule has 0 aliphatic carbocycles. The van der Waals surface area contributed by atoms with E-state index in [1.165, 1.54) is 0 Å². The molecule has 1 aliphatic heterocycles. The zero-order valence-corrected chi connectivity index (χ0v) is 13.3. The summed E-state index contributed by atoms with van der Waals surface area (Å²) < 4.78 is 5.34. The van der Waals surface area contributed by atoms with Gasteiger partial charge in [0, 0.05) is 31.7 Å². The first-order chi connectivity index (χ1) is 10.4. The van der Waals surface area contributed by atoms with Crippen LogP contribution in [-0.2, 0) is 4.74 Å². The van der Waals surface area contributed by atoms with Gasteiger partial charge in [-0.1, -0.05) is 30.3 Å². The lowest BCUT2D eigenvalue weighted by Crippen LogP contribution is -2.39. The summed E-state index contributed by atoms with van der Waals surface area (Å²) in [6.45, 7) is 5.56. The lowest BCUT2D eigenvalue weighted by atomic mass is 10.1. The summed E-state index contributed by atoms with van der Waals surface area (Å²) in [5.74, 6) is 0.824. The average molecular weight is 321 g/mol. The second-order valence-corrected chi connectivity index (χ2v) is 5.08. The fourth-order valence-corrected chi connectivity index (χ4v) is 2.41. The summed E-state index contributed by atoms with van der Waals surface area (Å²) in [6, 6.07) is 12.3. The first-order valence-corrected chi connectivity index (χ1v) is 7.34. The van der Waals surface area contributed by atoms with Crippen molar-refractivity contribution < 1.29 is 4.74 Å². The van der Waals surface area contributed by atoms with Gasteiger partial charge >= 0.3 is 0 Å². The molecule has 1 aromatic carbocycles. The Morgan fingerprint density at radius 2 is 1.86 bits per heavy atom. The molecule has 6 heteroatoms. The molecule has 0 amide bonds. The first kappa shape index (κ1) is 16.7. The molecule has 0 radical (unpaired) electrons. The topological polar surface area (TPSA) is 50.3 Å². The average Bonchev–Trinajstić information content (AvgIpc) is 2.57. The number of aromatic nitrogens is 2. The van der Waals surface area contributed by atoms with Gasteiger partial charge in [0.05, 0.1) is 19.4 Å². The molecule has 1 saturated heterocycles. The second kappa shape index (κ2) is 8.68. The molecule has 5 nitrogen and oxygen atoms in total. The minimum absolute atomic E-state index is 0. The highest BCUT2D eigenvalue weighted by atomic mass is 35.5. The van der Waals surface area contributed by atoms with Crippen LogP contribution in [0, 0.1) is 0 Å². The summed E-state index contributed by atoms with van der Waals surface area (Å²) in [4.78, 5) is 2.39. The van der Waals surface area contributed by atoms with Gasteiger partial charge in [-0.15, -0.1) is 17.5 Å². The lowest BCUT2D eigenvalue weighted by Gasteiger charge is -2.26. The largest absolute Gasteiger partial charge is 0.379 e. The number of anilines is 1. The Labute approximate surface area is 137 Å². The van der Waals surface area contributed by atoms with Crippen molar-refractivity contribution in [1.82, 2.24) is 15.1 Å². The number of rotatable bonds is 5. The van der Waals surface area contributed by atoms with Crippen molar-refractivity contribution in [3.8, 4) is 11.1 Å². The molecule has 2 heterocycles. The van der Waals surface area contributed by atoms with Crippen LogP contribution >= 0.6 is 12.4 Å². The zero-order chi connectivity index (χ0) is 14.3. The Kier molecular flexibility index (Phi) is 6.58. The molecular weight excluding hydrogens is 300 g/mol.